The first-order chi connectivity index (χ1) is 22.3. The molecule has 0 radical (unpaired) electrons. The molecule has 5 heteroatoms. The Morgan fingerprint density at radius 1 is 0.957 bits per heavy atom. The van der Waals surface area contributed by atoms with Gasteiger partial charge in [-0.25, -0.2) is 4.85 Å². The van der Waals surface area contributed by atoms with Crippen molar-refractivity contribution in [2.75, 3.05) is 25.1 Å². The van der Waals surface area contributed by atoms with Crippen molar-refractivity contribution in [3.05, 3.63) is 135 Å². The van der Waals surface area contributed by atoms with Gasteiger partial charge in [0.05, 0.1) is 25.3 Å². The molecule has 3 aromatic carbocycles. The normalized spacial score (nSPS) is 17.2. The second kappa shape index (κ2) is 15.8. The zero-order valence-electron chi connectivity index (χ0n) is 28.1. The highest BCUT2D eigenvalue weighted by Crippen LogP contribution is 2.47. The van der Waals surface area contributed by atoms with Crippen LogP contribution in [-0.4, -0.2) is 20.2 Å². The summed E-state index contributed by atoms with van der Waals surface area (Å²) in [5.41, 5.74) is 7.04. The number of anilines is 1. The van der Waals surface area contributed by atoms with Crippen molar-refractivity contribution in [3.63, 3.8) is 0 Å². The summed E-state index contributed by atoms with van der Waals surface area (Å²) < 4.78 is 12.2. The largest absolute Gasteiger partial charge is 0.496 e. The summed E-state index contributed by atoms with van der Waals surface area (Å²) in [7, 11) is 1.73. The Hall–Kier alpha value is -5.00. The van der Waals surface area contributed by atoms with Gasteiger partial charge in [-0.15, -0.1) is 0 Å². The molecule has 3 aromatic rings. The fraction of sp³-hybridized carbons (Fsp3) is 0.317. The zero-order valence-corrected chi connectivity index (χ0v) is 28.1. The molecule has 0 saturated carbocycles. The smallest absolute Gasteiger partial charge is 0.236 e. The molecule has 0 bridgehead atoms. The molecule has 0 aliphatic carbocycles. The van der Waals surface area contributed by atoms with Crippen molar-refractivity contribution in [1.82, 2.24) is 0 Å². The van der Waals surface area contributed by atoms with Gasteiger partial charge in [0.15, 0.2) is 0 Å². The van der Waals surface area contributed by atoms with Crippen LogP contribution >= 0.6 is 0 Å². The van der Waals surface area contributed by atoms with Gasteiger partial charge in [0.2, 0.25) is 5.70 Å². The van der Waals surface area contributed by atoms with Gasteiger partial charge in [0.25, 0.3) is 0 Å². The van der Waals surface area contributed by atoms with Crippen LogP contribution in [0.3, 0.4) is 0 Å². The first-order valence-corrected chi connectivity index (χ1v) is 16.2. The standard InChI is InChI=1S/C41H45N3O2/c1-8-10-25-44(26-11-9-2)36-23-22-34(38(28-36)45-7)21-20-33-19-17-32(27-30(33)3)18-24-37-39(43-6)40(31(4)29-42)46-41(37,5)35-15-13-12-14-16-35/h12-24,27-28H,8-11,25-26H2,1-5,7H3/b21-20+,24-18+,40-31+. The van der Waals surface area contributed by atoms with Crippen LogP contribution < -0.4 is 9.64 Å². The Morgan fingerprint density at radius 3 is 2.24 bits per heavy atom. The quantitative estimate of drug-likeness (QED) is 0.110. The van der Waals surface area contributed by atoms with Gasteiger partial charge in [-0.1, -0.05) is 99.5 Å². The second-order valence-electron chi connectivity index (χ2n) is 11.8. The molecule has 4 rings (SSSR count). The number of allylic oxidation sites excluding steroid dienone is 1. The molecule has 0 spiro atoms. The summed E-state index contributed by atoms with van der Waals surface area (Å²) in [5, 5.41) is 9.59. The number of methoxy groups -OCH3 is 1. The van der Waals surface area contributed by atoms with E-state index in [0.717, 1.165) is 52.2 Å². The number of hydrogen-bond donors (Lipinski definition) is 0. The lowest BCUT2D eigenvalue weighted by atomic mass is 9.87. The maximum atomic E-state index is 9.59. The van der Waals surface area contributed by atoms with Crippen LogP contribution in [0.25, 0.3) is 23.1 Å². The van der Waals surface area contributed by atoms with Gasteiger partial charge in [0, 0.05) is 36.0 Å². The van der Waals surface area contributed by atoms with Crippen LogP contribution in [0.1, 0.15) is 81.2 Å². The molecule has 236 valence electrons. The minimum atomic E-state index is -0.888. The second-order valence-corrected chi connectivity index (χ2v) is 11.8. The number of nitrogens with zero attached hydrogens (tertiary/aromatic N) is 3. The number of hydrogen-bond acceptors (Lipinski definition) is 4. The number of nitriles is 1. The SMILES string of the molecule is [C-]#[N+]C1=C(/C=C/c2ccc(/C=C/c3ccc(N(CCCC)CCCC)cc3OC)c(C)c2)C(C)(c2ccccc2)O/C1=C(\C)C#N. The van der Waals surface area contributed by atoms with Crippen LogP contribution in [0, 0.1) is 24.8 Å². The zero-order chi connectivity index (χ0) is 33.1. The maximum Gasteiger partial charge on any atom is 0.236 e. The molecule has 1 aliphatic heterocycles. The molecule has 0 aromatic heterocycles. The van der Waals surface area contributed by atoms with E-state index in [4.69, 9.17) is 16.0 Å². The third kappa shape index (κ3) is 7.61. The van der Waals surface area contributed by atoms with Gasteiger partial charge >= 0.3 is 0 Å². The summed E-state index contributed by atoms with van der Waals surface area (Å²) in [6.07, 6.45) is 12.9. The fourth-order valence-corrected chi connectivity index (χ4v) is 5.73. The van der Waals surface area contributed by atoms with Crippen molar-refractivity contribution in [3.8, 4) is 11.8 Å². The Labute approximate surface area is 275 Å². The van der Waals surface area contributed by atoms with Crippen LogP contribution in [0.2, 0.25) is 0 Å². The van der Waals surface area contributed by atoms with Crippen LogP contribution in [-0.2, 0) is 10.3 Å². The Balaban J connectivity index is 1.61. The molecule has 0 N–H and O–H groups in total. The topological polar surface area (TPSA) is 49.9 Å². The third-order valence-electron chi connectivity index (χ3n) is 8.56. The summed E-state index contributed by atoms with van der Waals surface area (Å²) >= 11 is 0. The van der Waals surface area contributed by atoms with E-state index in [1.54, 1.807) is 14.0 Å². The van der Waals surface area contributed by atoms with Crippen LogP contribution in [0.15, 0.2) is 95.4 Å². The first-order valence-electron chi connectivity index (χ1n) is 16.2. The molecule has 0 saturated heterocycles. The molecular weight excluding hydrogens is 566 g/mol. The van der Waals surface area contributed by atoms with E-state index in [2.05, 4.69) is 85.1 Å². The monoisotopic (exact) mass is 611 g/mol. The van der Waals surface area contributed by atoms with E-state index in [0.29, 0.717) is 17.0 Å². The average molecular weight is 612 g/mol. The van der Waals surface area contributed by atoms with Gasteiger partial charge in [-0.3, -0.25) is 0 Å². The van der Waals surface area contributed by atoms with Crippen LogP contribution in [0.4, 0.5) is 5.69 Å². The Morgan fingerprint density at radius 2 is 1.63 bits per heavy atom. The number of aryl methyl sites for hydroxylation is 1. The van der Waals surface area contributed by atoms with E-state index in [9.17, 15) is 5.26 Å². The summed E-state index contributed by atoms with van der Waals surface area (Å²) in [6, 6.07) is 24.8. The molecule has 1 atom stereocenters. The lowest BCUT2D eigenvalue weighted by molar-refractivity contribution is 0.0750. The van der Waals surface area contributed by atoms with Gasteiger partial charge in [-0.2, -0.15) is 5.26 Å². The fourth-order valence-electron chi connectivity index (χ4n) is 5.73. The molecule has 5 nitrogen and oxygen atoms in total. The van der Waals surface area contributed by atoms with Gasteiger partial charge < -0.3 is 14.4 Å². The first kappa shape index (κ1) is 33.9. The predicted octanol–water partition coefficient (Wildman–Crippen LogP) is 10.5. The highest BCUT2D eigenvalue weighted by molar-refractivity contribution is 5.76. The highest BCUT2D eigenvalue weighted by atomic mass is 16.5. The molecule has 0 fully saturated rings. The predicted molar refractivity (Wildman–Crippen MR) is 191 cm³/mol. The third-order valence-corrected chi connectivity index (χ3v) is 8.56. The van der Waals surface area contributed by atoms with E-state index in [1.165, 1.54) is 31.4 Å². The molecule has 0 amide bonds. The minimum absolute atomic E-state index is 0.346. The van der Waals surface area contributed by atoms with E-state index >= 15 is 0 Å². The van der Waals surface area contributed by atoms with E-state index in [1.807, 2.05) is 49.4 Å². The number of rotatable bonds is 13. The van der Waals surface area contributed by atoms with E-state index in [-0.39, 0.29) is 0 Å². The number of unbranched alkanes of at least 4 members (excludes halogenated alkanes) is 2. The van der Waals surface area contributed by atoms with Crippen molar-refractivity contribution >= 4 is 23.9 Å². The van der Waals surface area contributed by atoms with Gasteiger partial charge in [0.1, 0.15) is 17.1 Å². The minimum Gasteiger partial charge on any atom is -0.496 e. The Kier molecular flexibility index (Phi) is 11.7. The number of ether oxygens (including phenoxy) is 2. The lowest BCUT2D eigenvalue weighted by Crippen LogP contribution is -2.25. The number of benzene rings is 3. The van der Waals surface area contributed by atoms with Gasteiger partial charge in [-0.05, 0) is 68.0 Å². The summed E-state index contributed by atoms with van der Waals surface area (Å²) in [4.78, 5) is 6.29. The molecule has 1 heterocycles. The van der Waals surface area contributed by atoms with E-state index < -0.39 is 5.60 Å². The van der Waals surface area contributed by atoms with Crippen molar-refractivity contribution < 1.29 is 9.47 Å². The van der Waals surface area contributed by atoms with Crippen molar-refractivity contribution in [2.45, 2.75) is 65.9 Å². The highest BCUT2D eigenvalue weighted by Gasteiger charge is 2.43. The lowest BCUT2D eigenvalue weighted by Gasteiger charge is -2.28. The summed E-state index contributed by atoms with van der Waals surface area (Å²) in [6.45, 7) is 20.3. The maximum absolute atomic E-state index is 9.59. The molecule has 1 unspecified atom stereocenters. The average Bonchev–Trinajstić information content (AvgIpc) is 3.39. The molecule has 1 aliphatic rings. The summed E-state index contributed by atoms with van der Waals surface area (Å²) in [5.74, 6) is 1.21. The van der Waals surface area contributed by atoms with Crippen molar-refractivity contribution in [2.24, 2.45) is 0 Å². The Bertz CT molecular complexity index is 1730. The van der Waals surface area contributed by atoms with Crippen LogP contribution in [0.5, 0.6) is 5.75 Å². The molecular formula is C41H45N3O2. The molecule has 46 heavy (non-hydrogen) atoms. The van der Waals surface area contributed by atoms with Crippen molar-refractivity contribution in [1.29, 1.82) is 5.26 Å².